The number of urea groups is 1. The van der Waals surface area contributed by atoms with Crippen LogP contribution in [0, 0.1) is 0 Å². The molecule has 13 nitrogen and oxygen atoms in total. The molecule has 0 aliphatic carbocycles. The highest BCUT2D eigenvalue weighted by atomic mass is 19.1. The first-order chi connectivity index (χ1) is 15.7. The number of amides is 2. The van der Waals surface area contributed by atoms with Crippen LogP contribution in [0.2, 0.25) is 0 Å². The number of hydrogen-bond donors (Lipinski definition) is 6. The van der Waals surface area contributed by atoms with Gasteiger partial charge in [0.15, 0.2) is 0 Å². The number of aryl methyl sites for hydroxylation is 2. The lowest BCUT2D eigenvalue weighted by Gasteiger charge is -2.18. The fourth-order valence-corrected chi connectivity index (χ4v) is 2.91. The van der Waals surface area contributed by atoms with E-state index in [9.17, 15) is 28.7 Å². The lowest BCUT2D eigenvalue weighted by molar-refractivity contribution is -0.140. The van der Waals surface area contributed by atoms with Crippen LogP contribution in [0.25, 0.3) is 0 Å². The normalized spacial score (nSPS) is 12.6. The number of nitrogens with zero attached hydrogens (tertiary/aromatic N) is 3. The Bertz CT molecular complexity index is 776. The van der Waals surface area contributed by atoms with Crippen LogP contribution in [0.3, 0.4) is 0 Å². The van der Waals surface area contributed by atoms with E-state index in [1.165, 1.54) is 4.68 Å². The van der Waals surface area contributed by atoms with Gasteiger partial charge in [0.2, 0.25) is 0 Å². The second-order valence-corrected chi connectivity index (χ2v) is 7.34. The van der Waals surface area contributed by atoms with Crippen LogP contribution in [-0.4, -0.2) is 86.1 Å². The van der Waals surface area contributed by atoms with Crippen LogP contribution in [0.1, 0.15) is 44.2 Å². The number of halogens is 1. The van der Waals surface area contributed by atoms with Gasteiger partial charge in [-0.05, 0) is 51.6 Å². The molecule has 0 saturated carbocycles. The molecule has 0 spiro atoms. The molecule has 1 aromatic heterocycles. The largest absolute Gasteiger partial charge is 0.481 e. The number of unbranched alkanes of at least 4 members (excludes halogenated alkanes) is 1. The van der Waals surface area contributed by atoms with Gasteiger partial charge in [-0.1, -0.05) is 5.21 Å². The van der Waals surface area contributed by atoms with E-state index < -0.39 is 49.1 Å². The molecule has 0 bridgehead atoms. The van der Waals surface area contributed by atoms with Gasteiger partial charge < -0.3 is 31.3 Å². The van der Waals surface area contributed by atoms with E-state index in [4.69, 9.17) is 10.2 Å². The maximum Gasteiger partial charge on any atom is 0.326 e. The Morgan fingerprint density at radius 1 is 0.970 bits per heavy atom. The van der Waals surface area contributed by atoms with Crippen molar-refractivity contribution in [2.75, 3.05) is 19.8 Å². The number of nitrogens with one attached hydrogen (secondary N) is 3. The summed E-state index contributed by atoms with van der Waals surface area (Å²) in [6.45, 7) is 1.04. The smallest absolute Gasteiger partial charge is 0.326 e. The molecule has 0 aliphatic rings. The number of aromatic nitrogens is 3. The highest BCUT2D eigenvalue weighted by Gasteiger charge is 2.24. The van der Waals surface area contributed by atoms with E-state index in [0.29, 0.717) is 32.4 Å². The van der Waals surface area contributed by atoms with E-state index in [2.05, 4.69) is 26.3 Å². The Morgan fingerprint density at radius 3 is 2.21 bits per heavy atom. The molecular weight excluding hydrogens is 443 g/mol. The molecule has 1 rings (SSSR count). The van der Waals surface area contributed by atoms with Gasteiger partial charge in [-0.15, -0.1) is 5.10 Å². The van der Waals surface area contributed by atoms with Crippen LogP contribution >= 0.6 is 0 Å². The average Bonchev–Trinajstić information content (AvgIpc) is 3.19. The molecule has 0 saturated heterocycles. The molecule has 186 valence electrons. The van der Waals surface area contributed by atoms with E-state index in [1.54, 1.807) is 6.20 Å². The number of carbonyl (C=O) groups excluding carboxylic acids is 1. The molecule has 0 fully saturated rings. The zero-order valence-corrected chi connectivity index (χ0v) is 18.2. The average molecular weight is 474 g/mol. The lowest BCUT2D eigenvalue weighted by Crippen LogP contribution is -2.51. The van der Waals surface area contributed by atoms with E-state index in [0.717, 1.165) is 12.1 Å². The van der Waals surface area contributed by atoms with Crippen LogP contribution < -0.4 is 16.0 Å². The van der Waals surface area contributed by atoms with Crippen LogP contribution in [-0.2, 0) is 27.3 Å². The van der Waals surface area contributed by atoms with Crippen molar-refractivity contribution in [2.24, 2.45) is 0 Å². The zero-order valence-electron chi connectivity index (χ0n) is 18.2. The third kappa shape index (κ3) is 12.4. The molecular formula is C19H31FN6O7. The topological polar surface area (TPSA) is 196 Å². The summed E-state index contributed by atoms with van der Waals surface area (Å²) in [6, 6.07) is -3.62. The SMILES string of the molecule is O=C(O)CCC(NC(=O)NC(CCCCNCCCc1cn(CCF)nn1)C(=O)O)C(=O)O. The van der Waals surface area contributed by atoms with Crippen molar-refractivity contribution < 1.29 is 38.9 Å². The van der Waals surface area contributed by atoms with Gasteiger partial charge in [-0.3, -0.25) is 4.79 Å². The first-order valence-electron chi connectivity index (χ1n) is 10.6. The highest BCUT2D eigenvalue weighted by molar-refractivity contribution is 5.86. The Kier molecular flexibility index (Phi) is 13.0. The zero-order chi connectivity index (χ0) is 24.6. The highest BCUT2D eigenvalue weighted by Crippen LogP contribution is 2.03. The summed E-state index contributed by atoms with van der Waals surface area (Å²) in [5.41, 5.74) is 0.784. The Labute approximate surface area is 189 Å². The number of carbonyl (C=O) groups is 4. The minimum absolute atomic E-state index is 0.148. The van der Waals surface area contributed by atoms with E-state index >= 15 is 0 Å². The van der Waals surface area contributed by atoms with Gasteiger partial charge in [-0.25, -0.2) is 23.5 Å². The van der Waals surface area contributed by atoms with E-state index in [-0.39, 0.29) is 19.4 Å². The third-order valence-electron chi connectivity index (χ3n) is 4.64. The number of carboxylic acid groups (broad SMARTS) is 3. The first kappa shape index (κ1) is 27.7. The lowest BCUT2D eigenvalue weighted by atomic mass is 10.1. The summed E-state index contributed by atoms with van der Waals surface area (Å²) in [5.74, 6) is -3.87. The molecule has 2 amide bonds. The minimum Gasteiger partial charge on any atom is -0.481 e. The standard InChI is InChI=1S/C19H31FN6O7/c20-8-11-26-12-13(24-25-26)4-3-10-21-9-2-1-5-14(17(29)30)22-19(33)23-15(18(31)32)6-7-16(27)28/h12,14-15,21H,1-11H2,(H,27,28)(H,29,30)(H,31,32)(H2,22,23,33). The molecule has 0 aliphatic heterocycles. The number of alkyl halides is 1. The third-order valence-corrected chi connectivity index (χ3v) is 4.64. The Hall–Kier alpha value is -3.29. The summed E-state index contributed by atoms with van der Waals surface area (Å²) in [4.78, 5) is 45.0. The monoisotopic (exact) mass is 474 g/mol. The minimum atomic E-state index is -1.44. The molecule has 0 radical (unpaired) electrons. The second kappa shape index (κ2) is 15.5. The Balaban J connectivity index is 2.23. The maximum atomic E-state index is 12.2. The molecule has 1 heterocycles. The molecule has 2 atom stereocenters. The predicted octanol–water partition coefficient (Wildman–Crippen LogP) is 0.0105. The van der Waals surface area contributed by atoms with Crippen LogP contribution in [0.5, 0.6) is 0 Å². The molecule has 2 unspecified atom stereocenters. The quantitative estimate of drug-likeness (QED) is 0.158. The summed E-state index contributed by atoms with van der Waals surface area (Å²) in [7, 11) is 0. The van der Waals surface area contributed by atoms with Gasteiger partial charge in [0.05, 0.1) is 12.2 Å². The Morgan fingerprint density at radius 2 is 1.61 bits per heavy atom. The molecule has 14 heteroatoms. The molecule has 0 aromatic carbocycles. The van der Waals surface area contributed by atoms with Crippen LogP contribution in [0.4, 0.5) is 9.18 Å². The van der Waals surface area contributed by atoms with Crippen molar-refractivity contribution in [3.63, 3.8) is 0 Å². The van der Waals surface area contributed by atoms with Crippen molar-refractivity contribution in [3.8, 4) is 0 Å². The second-order valence-electron chi connectivity index (χ2n) is 7.34. The first-order valence-corrected chi connectivity index (χ1v) is 10.6. The van der Waals surface area contributed by atoms with Crippen LogP contribution in [0.15, 0.2) is 6.20 Å². The van der Waals surface area contributed by atoms with Crippen molar-refractivity contribution in [3.05, 3.63) is 11.9 Å². The summed E-state index contributed by atoms with van der Waals surface area (Å²) >= 11 is 0. The fourth-order valence-electron chi connectivity index (χ4n) is 2.91. The number of carboxylic acids is 3. The van der Waals surface area contributed by atoms with Gasteiger partial charge in [0, 0.05) is 12.6 Å². The van der Waals surface area contributed by atoms with Gasteiger partial charge >= 0.3 is 23.9 Å². The number of hydrogen-bond acceptors (Lipinski definition) is 7. The van der Waals surface area contributed by atoms with Crippen molar-refractivity contribution in [2.45, 2.75) is 63.6 Å². The number of rotatable bonds is 18. The fraction of sp³-hybridized carbons (Fsp3) is 0.684. The van der Waals surface area contributed by atoms with Crippen molar-refractivity contribution >= 4 is 23.9 Å². The summed E-state index contributed by atoms with van der Waals surface area (Å²) in [5, 5.41) is 42.2. The maximum absolute atomic E-state index is 12.2. The van der Waals surface area contributed by atoms with E-state index in [1.807, 2.05) is 0 Å². The van der Waals surface area contributed by atoms with Gasteiger partial charge in [-0.2, -0.15) is 0 Å². The molecule has 6 N–H and O–H groups in total. The van der Waals surface area contributed by atoms with Crippen molar-refractivity contribution in [1.29, 1.82) is 0 Å². The van der Waals surface area contributed by atoms with Gasteiger partial charge in [0.25, 0.3) is 0 Å². The molecule has 1 aromatic rings. The number of aliphatic carboxylic acids is 3. The van der Waals surface area contributed by atoms with Crippen molar-refractivity contribution in [1.82, 2.24) is 30.9 Å². The van der Waals surface area contributed by atoms with Gasteiger partial charge in [0.1, 0.15) is 18.8 Å². The molecule has 33 heavy (non-hydrogen) atoms. The predicted molar refractivity (Wildman–Crippen MR) is 112 cm³/mol. The summed E-state index contributed by atoms with van der Waals surface area (Å²) in [6.07, 6.45) is 3.75. The summed E-state index contributed by atoms with van der Waals surface area (Å²) < 4.78 is 13.7.